The van der Waals surface area contributed by atoms with Crippen LogP contribution in [0.3, 0.4) is 0 Å². The predicted molar refractivity (Wildman–Crippen MR) is 68.3 cm³/mol. The van der Waals surface area contributed by atoms with E-state index in [1.807, 2.05) is 0 Å². The van der Waals surface area contributed by atoms with Crippen molar-refractivity contribution >= 4 is 5.91 Å². The van der Waals surface area contributed by atoms with Gasteiger partial charge in [-0.15, -0.1) is 0 Å². The van der Waals surface area contributed by atoms with Crippen LogP contribution in [0.1, 0.15) is 34.7 Å². The SMILES string of the molecule is CC(NC(=O)c1cc(C(F)(F)F)n(C)n1)c1ccncc1. The Bertz CT molecular complexity index is 637. The van der Waals surface area contributed by atoms with E-state index in [2.05, 4.69) is 15.4 Å². The molecule has 2 rings (SSSR count). The number of hydrogen-bond acceptors (Lipinski definition) is 3. The van der Waals surface area contributed by atoms with Crippen LogP contribution >= 0.6 is 0 Å². The number of carbonyl (C=O) groups is 1. The zero-order valence-corrected chi connectivity index (χ0v) is 11.3. The highest BCUT2D eigenvalue weighted by Crippen LogP contribution is 2.29. The molecule has 0 spiro atoms. The van der Waals surface area contributed by atoms with Crippen LogP contribution in [-0.4, -0.2) is 20.7 Å². The molecule has 2 aromatic rings. The second kappa shape index (κ2) is 5.55. The molecular weight excluding hydrogens is 285 g/mol. The summed E-state index contributed by atoms with van der Waals surface area (Å²) in [5.74, 6) is -0.662. The monoisotopic (exact) mass is 298 g/mol. The number of pyridine rings is 1. The lowest BCUT2D eigenvalue weighted by Crippen LogP contribution is -2.27. The average Bonchev–Trinajstić information content (AvgIpc) is 2.82. The topological polar surface area (TPSA) is 59.8 Å². The number of rotatable bonds is 3. The molecule has 0 aliphatic rings. The van der Waals surface area contributed by atoms with Crippen LogP contribution in [0.5, 0.6) is 0 Å². The summed E-state index contributed by atoms with van der Waals surface area (Å²) in [6.45, 7) is 1.72. The van der Waals surface area contributed by atoms with Gasteiger partial charge < -0.3 is 5.32 Å². The maximum atomic E-state index is 12.7. The molecule has 0 aliphatic carbocycles. The number of nitrogens with one attached hydrogen (secondary N) is 1. The van der Waals surface area contributed by atoms with Crippen molar-refractivity contribution in [3.8, 4) is 0 Å². The molecule has 0 bridgehead atoms. The standard InChI is InChI=1S/C13H13F3N4O/c1-8(9-3-5-17-6-4-9)18-12(21)10-7-11(13(14,15)16)20(2)19-10/h3-8H,1-2H3,(H,18,21). The van der Waals surface area contributed by atoms with E-state index in [-0.39, 0.29) is 11.7 Å². The van der Waals surface area contributed by atoms with Crippen LogP contribution in [0.2, 0.25) is 0 Å². The van der Waals surface area contributed by atoms with E-state index in [4.69, 9.17) is 0 Å². The van der Waals surface area contributed by atoms with Crippen LogP contribution in [-0.2, 0) is 13.2 Å². The molecule has 2 aromatic heterocycles. The molecule has 0 saturated heterocycles. The van der Waals surface area contributed by atoms with Crippen molar-refractivity contribution in [3.05, 3.63) is 47.5 Å². The Kier molecular flexibility index (Phi) is 3.97. The lowest BCUT2D eigenvalue weighted by Gasteiger charge is -2.12. The summed E-state index contributed by atoms with van der Waals surface area (Å²) in [4.78, 5) is 15.8. The first kappa shape index (κ1) is 15.0. The fourth-order valence-corrected chi connectivity index (χ4v) is 1.85. The second-order valence-electron chi connectivity index (χ2n) is 4.51. The van der Waals surface area contributed by atoms with Gasteiger partial charge in [0, 0.05) is 25.5 Å². The summed E-state index contributed by atoms with van der Waals surface area (Å²) in [5.41, 5.74) is -0.444. The Labute approximate surface area is 118 Å². The van der Waals surface area contributed by atoms with Crippen molar-refractivity contribution < 1.29 is 18.0 Å². The maximum Gasteiger partial charge on any atom is 0.433 e. The van der Waals surface area contributed by atoms with E-state index < -0.39 is 17.8 Å². The summed E-state index contributed by atoms with van der Waals surface area (Å²) >= 11 is 0. The van der Waals surface area contributed by atoms with Crippen molar-refractivity contribution in [2.24, 2.45) is 7.05 Å². The average molecular weight is 298 g/mol. The summed E-state index contributed by atoms with van der Waals surface area (Å²) < 4.78 is 38.6. The van der Waals surface area contributed by atoms with Crippen molar-refractivity contribution in [2.75, 3.05) is 0 Å². The normalized spacial score (nSPS) is 13.0. The fourth-order valence-electron chi connectivity index (χ4n) is 1.85. The number of amides is 1. The maximum absolute atomic E-state index is 12.7. The molecule has 1 N–H and O–H groups in total. The summed E-state index contributed by atoms with van der Waals surface area (Å²) in [5, 5.41) is 6.19. The van der Waals surface area contributed by atoms with Gasteiger partial charge in [0.1, 0.15) is 5.69 Å². The Morgan fingerprint density at radius 2 is 1.95 bits per heavy atom. The van der Waals surface area contributed by atoms with Gasteiger partial charge in [-0.3, -0.25) is 14.5 Å². The van der Waals surface area contributed by atoms with E-state index in [0.29, 0.717) is 4.68 Å². The Morgan fingerprint density at radius 3 is 2.48 bits per heavy atom. The van der Waals surface area contributed by atoms with E-state index in [9.17, 15) is 18.0 Å². The molecule has 1 amide bonds. The molecule has 1 atom stereocenters. The van der Waals surface area contributed by atoms with Gasteiger partial charge in [0.15, 0.2) is 5.69 Å². The smallest absolute Gasteiger partial charge is 0.344 e. The Balaban J connectivity index is 2.14. The minimum atomic E-state index is -4.54. The minimum Gasteiger partial charge on any atom is -0.344 e. The summed E-state index contributed by atoms with van der Waals surface area (Å²) in [6, 6.07) is 3.79. The molecule has 0 aromatic carbocycles. The van der Waals surface area contributed by atoms with Crippen molar-refractivity contribution in [1.82, 2.24) is 20.1 Å². The van der Waals surface area contributed by atoms with Crippen LogP contribution < -0.4 is 5.32 Å². The van der Waals surface area contributed by atoms with Crippen LogP contribution in [0.4, 0.5) is 13.2 Å². The molecule has 0 aliphatic heterocycles. The first-order chi connectivity index (χ1) is 9.79. The van der Waals surface area contributed by atoms with Gasteiger partial charge in [0.2, 0.25) is 0 Å². The van der Waals surface area contributed by atoms with Crippen LogP contribution in [0.15, 0.2) is 30.6 Å². The van der Waals surface area contributed by atoms with Crippen molar-refractivity contribution in [1.29, 1.82) is 0 Å². The van der Waals surface area contributed by atoms with Gasteiger partial charge in [-0.2, -0.15) is 18.3 Å². The summed E-state index contributed by atoms with van der Waals surface area (Å²) in [6.07, 6.45) is -1.40. The van der Waals surface area contributed by atoms with Gasteiger partial charge >= 0.3 is 6.18 Å². The molecule has 112 valence electrons. The number of alkyl halides is 3. The van der Waals surface area contributed by atoms with Gasteiger partial charge in [-0.05, 0) is 24.6 Å². The first-order valence-corrected chi connectivity index (χ1v) is 6.11. The third kappa shape index (κ3) is 3.39. The molecule has 5 nitrogen and oxygen atoms in total. The van der Waals surface area contributed by atoms with E-state index in [1.54, 1.807) is 31.5 Å². The number of hydrogen-bond donors (Lipinski definition) is 1. The molecule has 2 heterocycles. The van der Waals surface area contributed by atoms with Gasteiger partial charge in [0.25, 0.3) is 5.91 Å². The van der Waals surface area contributed by atoms with E-state index in [1.165, 1.54) is 0 Å². The Hall–Kier alpha value is -2.38. The molecule has 1 unspecified atom stereocenters. The largest absolute Gasteiger partial charge is 0.433 e. The van der Waals surface area contributed by atoms with E-state index in [0.717, 1.165) is 18.7 Å². The second-order valence-corrected chi connectivity index (χ2v) is 4.51. The van der Waals surface area contributed by atoms with Gasteiger partial charge in [-0.25, -0.2) is 0 Å². The molecule has 0 fully saturated rings. The van der Waals surface area contributed by atoms with E-state index >= 15 is 0 Å². The predicted octanol–water partition coefficient (Wildman–Crippen LogP) is 2.32. The van der Waals surface area contributed by atoms with Crippen molar-refractivity contribution in [3.63, 3.8) is 0 Å². The molecule has 21 heavy (non-hydrogen) atoms. The third-order valence-electron chi connectivity index (χ3n) is 2.96. The number of halogens is 3. The number of nitrogens with zero attached hydrogens (tertiary/aromatic N) is 3. The lowest BCUT2D eigenvalue weighted by atomic mass is 10.1. The van der Waals surface area contributed by atoms with Gasteiger partial charge in [-0.1, -0.05) is 0 Å². The highest BCUT2D eigenvalue weighted by Gasteiger charge is 2.35. The molecule has 0 radical (unpaired) electrons. The van der Waals surface area contributed by atoms with Crippen LogP contribution in [0, 0.1) is 0 Å². The zero-order valence-electron chi connectivity index (χ0n) is 11.3. The number of aromatic nitrogens is 3. The highest BCUT2D eigenvalue weighted by atomic mass is 19.4. The highest BCUT2D eigenvalue weighted by molar-refractivity contribution is 5.92. The fraction of sp³-hybridized carbons (Fsp3) is 0.308. The lowest BCUT2D eigenvalue weighted by molar-refractivity contribution is -0.143. The molecule has 8 heteroatoms. The number of aryl methyl sites for hydroxylation is 1. The Morgan fingerprint density at radius 1 is 1.33 bits per heavy atom. The molecular formula is C13H13F3N4O. The first-order valence-electron chi connectivity index (χ1n) is 6.11. The molecule has 0 saturated carbocycles. The summed E-state index contributed by atoms with van der Waals surface area (Å²) in [7, 11) is 1.14. The number of carbonyl (C=O) groups excluding carboxylic acids is 1. The quantitative estimate of drug-likeness (QED) is 0.946. The minimum absolute atomic E-state index is 0.272. The van der Waals surface area contributed by atoms with Crippen LogP contribution in [0.25, 0.3) is 0 Å². The van der Waals surface area contributed by atoms with Gasteiger partial charge in [0.05, 0.1) is 6.04 Å². The zero-order chi connectivity index (χ0) is 15.6. The third-order valence-corrected chi connectivity index (χ3v) is 2.96. The van der Waals surface area contributed by atoms with Crippen molar-refractivity contribution in [2.45, 2.75) is 19.1 Å².